The van der Waals surface area contributed by atoms with Crippen LogP contribution in [0, 0.1) is 5.92 Å². The molecule has 1 N–H and O–H groups in total. The van der Waals surface area contributed by atoms with Crippen LogP contribution in [0.1, 0.15) is 12.8 Å². The predicted molar refractivity (Wildman–Crippen MR) is 82.9 cm³/mol. The summed E-state index contributed by atoms with van der Waals surface area (Å²) >= 11 is 0. The van der Waals surface area contributed by atoms with E-state index in [9.17, 15) is 4.79 Å². The minimum atomic E-state index is 0.170. The van der Waals surface area contributed by atoms with Crippen LogP contribution < -0.4 is 10.2 Å². The van der Waals surface area contributed by atoms with E-state index < -0.39 is 0 Å². The van der Waals surface area contributed by atoms with Crippen LogP contribution in [0.5, 0.6) is 0 Å². The molecule has 1 aromatic carbocycles. The quantitative estimate of drug-likeness (QED) is 0.886. The first-order chi connectivity index (χ1) is 9.70. The van der Waals surface area contributed by atoms with Gasteiger partial charge in [0.1, 0.15) is 0 Å². The zero-order chi connectivity index (χ0) is 14.4. The minimum absolute atomic E-state index is 0.170. The van der Waals surface area contributed by atoms with Gasteiger partial charge in [-0.2, -0.15) is 0 Å². The molecule has 0 aliphatic carbocycles. The second kappa shape index (κ2) is 7.41. The van der Waals surface area contributed by atoms with Gasteiger partial charge in [-0.05, 0) is 57.6 Å². The van der Waals surface area contributed by atoms with Crippen molar-refractivity contribution in [3.05, 3.63) is 30.3 Å². The van der Waals surface area contributed by atoms with Gasteiger partial charge in [-0.3, -0.25) is 9.69 Å². The second-order valence-corrected chi connectivity index (χ2v) is 5.57. The molecular formula is C16H25N3O. The molecule has 2 rings (SSSR count). The summed E-state index contributed by atoms with van der Waals surface area (Å²) in [5.41, 5.74) is 0.961. The molecule has 1 saturated heterocycles. The monoisotopic (exact) mass is 275 g/mol. The Balaban J connectivity index is 1.81. The number of para-hydroxylation sites is 1. The first-order valence-corrected chi connectivity index (χ1v) is 7.39. The lowest BCUT2D eigenvalue weighted by atomic mass is 9.97. The molecule has 1 heterocycles. The number of anilines is 1. The fourth-order valence-electron chi connectivity index (χ4n) is 2.73. The Bertz CT molecular complexity index is 413. The van der Waals surface area contributed by atoms with Crippen molar-refractivity contribution in [1.82, 2.24) is 10.2 Å². The molecule has 20 heavy (non-hydrogen) atoms. The zero-order valence-corrected chi connectivity index (χ0v) is 12.5. The first-order valence-electron chi connectivity index (χ1n) is 7.39. The number of amides is 1. The Kier molecular flexibility index (Phi) is 5.56. The average molecular weight is 275 g/mol. The molecule has 110 valence electrons. The SMILES string of the molecule is CNCC1CCN(CC(=O)N(C)c2ccccc2)CC1. The highest BCUT2D eigenvalue weighted by Gasteiger charge is 2.21. The fourth-order valence-corrected chi connectivity index (χ4v) is 2.73. The third-order valence-electron chi connectivity index (χ3n) is 4.08. The number of benzene rings is 1. The molecule has 1 aliphatic heterocycles. The lowest BCUT2D eigenvalue weighted by molar-refractivity contribution is -0.119. The van der Waals surface area contributed by atoms with Gasteiger partial charge in [-0.15, -0.1) is 0 Å². The van der Waals surface area contributed by atoms with Gasteiger partial charge >= 0.3 is 0 Å². The van der Waals surface area contributed by atoms with Gasteiger partial charge in [0.15, 0.2) is 0 Å². The van der Waals surface area contributed by atoms with Crippen LogP contribution in [0.15, 0.2) is 30.3 Å². The van der Waals surface area contributed by atoms with E-state index in [2.05, 4.69) is 10.2 Å². The van der Waals surface area contributed by atoms with Crippen molar-refractivity contribution < 1.29 is 4.79 Å². The summed E-state index contributed by atoms with van der Waals surface area (Å²) < 4.78 is 0. The highest BCUT2D eigenvalue weighted by Crippen LogP contribution is 2.17. The number of likely N-dealkylation sites (N-methyl/N-ethyl adjacent to an activating group) is 1. The van der Waals surface area contributed by atoms with Crippen LogP contribution in [0.2, 0.25) is 0 Å². The Morgan fingerprint density at radius 2 is 1.95 bits per heavy atom. The first kappa shape index (κ1) is 15.0. The highest BCUT2D eigenvalue weighted by molar-refractivity contribution is 5.94. The summed E-state index contributed by atoms with van der Waals surface area (Å²) in [6, 6.07) is 9.83. The van der Waals surface area contributed by atoms with Crippen LogP contribution in [0.3, 0.4) is 0 Å². The van der Waals surface area contributed by atoms with E-state index >= 15 is 0 Å². The highest BCUT2D eigenvalue weighted by atomic mass is 16.2. The van der Waals surface area contributed by atoms with Crippen LogP contribution >= 0.6 is 0 Å². The van der Waals surface area contributed by atoms with E-state index in [0.717, 1.165) is 31.2 Å². The molecule has 0 unspecified atom stereocenters. The van der Waals surface area contributed by atoms with Crippen LogP contribution in [-0.2, 0) is 4.79 Å². The van der Waals surface area contributed by atoms with E-state index in [1.54, 1.807) is 4.90 Å². The van der Waals surface area contributed by atoms with Gasteiger partial charge in [0.2, 0.25) is 5.91 Å². The van der Waals surface area contributed by atoms with E-state index in [1.165, 1.54) is 12.8 Å². The molecule has 1 aliphatic rings. The van der Waals surface area contributed by atoms with Gasteiger partial charge in [0.05, 0.1) is 6.54 Å². The Morgan fingerprint density at radius 3 is 2.55 bits per heavy atom. The van der Waals surface area contributed by atoms with Crippen LogP contribution in [-0.4, -0.2) is 51.1 Å². The molecule has 1 aromatic rings. The predicted octanol–water partition coefficient (Wildman–Crippen LogP) is 1.58. The van der Waals surface area contributed by atoms with Crippen molar-refractivity contribution in [2.45, 2.75) is 12.8 Å². The molecule has 1 amide bonds. The number of nitrogens with zero attached hydrogens (tertiary/aromatic N) is 2. The average Bonchev–Trinajstić information content (AvgIpc) is 2.49. The molecular weight excluding hydrogens is 250 g/mol. The summed E-state index contributed by atoms with van der Waals surface area (Å²) in [4.78, 5) is 16.3. The number of carbonyl (C=O) groups excluding carboxylic acids is 1. The van der Waals surface area contributed by atoms with Crippen LogP contribution in [0.4, 0.5) is 5.69 Å². The number of nitrogens with one attached hydrogen (secondary N) is 1. The molecule has 0 atom stereocenters. The summed E-state index contributed by atoms with van der Waals surface area (Å²) in [7, 11) is 3.86. The van der Waals surface area contributed by atoms with Crippen molar-refractivity contribution in [1.29, 1.82) is 0 Å². The lowest BCUT2D eigenvalue weighted by Gasteiger charge is -2.32. The van der Waals surface area contributed by atoms with E-state index in [4.69, 9.17) is 0 Å². The number of carbonyl (C=O) groups is 1. The number of likely N-dealkylation sites (tertiary alicyclic amines) is 1. The smallest absolute Gasteiger partial charge is 0.240 e. The number of rotatable bonds is 5. The maximum atomic E-state index is 12.3. The van der Waals surface area contributed by atoms with Crippen molar-refractivity contribution in [3.8, 4) is 0 Å². The maximum Gasteiger partial charge on any atom is 0.240 e. The maximum absolute atomic E-state index is 12.3. The zero-order valence-electron chi connectivity index (χ0n) is 12.5. The summed E-state index contributed by atoms with van der Waals surface area (Å²) in [5.74, 6) is 0.932. The standard InChI is InChI=1S/C16H25N3O/c1-17-12-14-8-10-19(11-9-14)13-16(20)18(2)15-6-4-3-5-7-15/h3-7,14,17H,8-13H2,1-2H3. The molecule has 1 fully saturated rings. The molecule has 0 spiro atoms. The Morgan fingerprint density at radius 1 is 1.30 bits per heavy atom. The Labute approximate surface area is 121 Å². The molecule has 0 bridgehead atoms. The molecule has 0 radical (unpaired) electrons. The largest absolute Gasteiger partial charge is 0.319 e. The Hall–Kier alpha value is -1.39. The molecule has 0 aromatic heterocycles. The minimum Gasteiger partial charge on any atom is -0.319 e. The van der Waals surface area contributed by atoms with E-state index in [-0.39, 0.29) is 5.91 Å². The topological polar surface area (TPSA) is 35.6 Å². The third-order valence-corrected chi connectivity index (χ3v) is 4.08. The van der Waals surface area contributed by atoms with Gasteiger partial charge in [0, 0.05) is 12.7 Å². The van der Waals surface area contributed by atoms with Crippen molar-refractivity contribution >= 4 is 11.6 Å². The third kappa shape index (κ3) is 4.05. The van der Waals surface area contributed by atoms with Gasteiger partial charge in [-0.1, -0.05) is 18.2 Å². The normalized spacial score (nSPS) is 17.1. The van der Waals surface area contributed by atoms with Gasteiger partial charge in [0.25, 0.3) is 0 Å². The van der Waals surface area contributed by atoms with Crippen molar-refractivity contribution in [3.63, 3.8) is 0 Å². The number of piperidine rings is 1. The van der Waals surface area contributed by atoms with Crippen molar-refractivity contribution in [2.75, 3.05) is 45.2 Å². The summed E-state index contributed by atoms with van der Waals surface area (Å²) in [6.07, 6.45) is 2.37. The summed E-state index contributed by atoms with van der Waals surface area (Å²) in [6.45, 7) is 3.67. The lowest BCUT2D eigenvalue weighted by Crippen LogP contribution is -2.43. The van der Waals surface area contributed by atoms with Gasteiger partial charge < -0.3 is 10.2 Å². The van der Waals surface area contributed by atoms with Gasteiger partial charge in [-0.25, -0.2) is 0 Å². The fraction of sp³-hybridized carbons (Fsp3) is 0.562. The number of hydrogen-bond donors (Lipinski definition) is 1. The van der Waals surface area contributed by atoms with E-state index in [0.29, 0.717) is 6.54 Å². The van der Waals surface area contributed by atoms with Crippen molar-refractivity contribution in [2.24, 2.45) is 5.92 Å². The van der Waals surface area contributed by atoms with E-state index in [1.807, 2.05) is 44.4 Å². The molecule has 4 heteroatoms. The number of hydrogen-bond acceptors (Lipinski definition) is 3. The van der Waals surface area contributed by atoms with Crippen LogP contribution in [0.25, 0.3) is 0 Å². The second-order valence-electron chi connectivity index (χ2n) is 5.57. The molecule has 4 nitrogen and oxygen atoms in total. The summed E-state index contributed by atoms with van der Waals surface area (Å²) in [5, 5.41) is 3.24. The molecule has 0 saturated carbocycles.